The van der Waals surface area contributed by atoms with Crippen molar-refractivity contribution in [1.82, 2.24) is 9.55 Å². The molecule has 100 valence electrons. The summed E-state index contributed by atoms with van der Waals surface area (Å²) >= 11 is 3.15. The number of nitrogens with one attached hydrogen (secondary N) is 1. The summed E-state index contributed by atoms with van der Waals surface area (Å²) in [6.07, 6.45) is -0.627. The summed E-state index contributed by atoms with van der Waals surface area (Å²) < 4.78 is 6.57. The number of halogens is 1. The molecule has 0 bridgehead atoms. The Morgan fingerprint density at radius 2 is 2.28 bits per heavy atom. The SMILES string of the molecule is O=c1[nH]c(=O)n([C@H]2CC(O)[C@@H](CO)O2)cc1CBr. The Morgan fingerprint density at radius 1 is 1.56 bits per heavy atom. The topological polar surface area (TPSA) is 105 Å². The van der Waals surface area contributed by atoms with Gasteiger partial charge >= 0.3 is 5.69 Å². The third kappa shape index (κ3) is 2.41. The molecule has 1 unspecified atom stereocenters. The van der Waals surface area contributed by atoms with E-state index in [2.05, 4.69) is 20.9 Å². The van der Waals surface area contributed by atoms with Crippen molar-refractivity contribution in [3.63, 3.8) is 0 Å². The summed E-state index contributed by atoms with van der Waals surface area (Å²) in [6, 6.07) is 0. The predicted molar refractivity (Wildman–Crippen MR) is 65.6 cm³/mol. The summed E-state index contributed by atoms with van der Waals surface area (Å²) in [5.41, 5.74) is -0.661. The van der Waals surface area contributed by atoms with Crippen LogP contribution < -0.4 is 11.2 Å². The average Bonchev–Trinajstić information content (AvgIpc) is 2.70. The normalized spacial score (nSPS) is 27.6. The molecule has 1 aromatic rings. The fourth-order valence-electron chi connectivity index (χ4n) is 1.89. The Morgan fingerprint density at radius 3 is 2.83 bits per heavy atom. The monoisotopic (exact) mass is 320 g/mol. The van der Waals surface area contributed by atoms with Crippen molar-refractivity contribution in [3.8, 4) is 0 Å². The molecule has 1 saturated heterocycles. The van der Waals surface area contributed by atoms with Crippen molar-refractivity contribution in [2.45, 2.75) is 30.2 Å². The Hall–Kier alpha value is -0.960. The lowest BCUT2D eigenvalue weighted by Crippen LogP contribution is -2.34. The second-order valence-corrected chi connectivity index (χ2v) is 4.63. The molecule has 0 aromatic carbocycles. The molecule has 3 atom stereocenters. The Balaban J connectivity index is 2.35. The van der Waals surface area contributed by atoms with E-state index >= 15 is 0 Å². The van der Waals surface area contributed by atoms with Gasteiger partial charge in [0.1, 0.15) is 12.3 Å². The molecular weight excluding hydrogens is 308 g/mol. The van der Waals surface area contributed by atoms with Gasteiger partial charge in [0.2, 0.25) is 0 Å². The molecule has 3 N–H and O–H groups in total. The highest BCUT2D eigenvalue weighted by atomic mass is 79.9. The van der Waals surface area contributed by atoms with Crippen molar-refractivity contribution in [2.24, 2.45) is 0 Å². The second kappa shape index (κ2) is 5.35. The molecule has 1 aromatic heterocycles. The largest absolute Gasteiger partial charge is 0.394 e. The molecule has 0 spiro atoms. The van der Waals surface area contributed by atoms with Crippen LogP contribution in [0.5, 0.6) is 0 Å². The number of aliphatic hydroxyl groups excluding tert-OH is 2. The van der Waals surface area contributed by atoms with E-state index in [1.54, 1.807) is 0 Å². The molecular formula is C10H13BrN2O5. The van der Waals surface area contributed by atoms with Crippen molar-refractivity contribution >= 4 is 15.9 Å². The highest BCUT2D eigenvalue weighted by Crippen LogP contribution is 2.27. The first-order chi connectivity index (χ1) is 8.56. The van der Waals surface area contributed by atoms with E-state index in [0.29, 0.717) is 10.9 Å². The lowest BCUT2D eigenvalue weighted by molar-refractivity contribution is -0.0459. The van der Waals surface area contributed by atoms with E-state index < -0.39 is 29.7 Å². The minimum atomic E-state index is -0.828. The maximum atomic E-state index is 11.7. The predicted octanol–water partition coefficient (Wildman–Crippen LogP) is -0.928. The molecule has 2 rings (SSSR count). The minimum Gasteiger partial charge on any atom is -0.394 e. The zero-order valence-electron chi connectivity index (χ0n) is 9.38. The molecule has 0 aliphatic carbocycles. The zero-order valence-corrected chi connectivity index (χ0v) is 11.0. The van der Waals surface area contributed by atoms with Gasteiger partial charge in [0.05, 0.1) is 12.7 Å². The van der Waals surface area contributed by atoms with Crippen LogP contribution in [0, 0.1) is 0 Å². The van der Waals surface area contributed by atoms with Crippen molar-refractivity contribution < 1.29 is 14.9 Å². The number of nitrogens with zero attached hydrogens (tertiary/aromatic N) is 1. The van der Waals surface area contributed by atoms with E-state index in [1.165, 1.54) is 10.8 Å². The minimum absolute atomic E-state index is 0.193. The number of hydrogen-bond acceptors (Lipinski definition) is 5. The summed E-state index contributed by atoms with van der Waals surface area (Å²) in [5.74, 6) is 0. The highest BCUT2D eigenvalue weighted by Gasteiger charge is 2.35. The molecule has 7 nitrogen and oxygen atoms in total. The van der Waals surface area contributed by atoms with Crippen molar-refractivity contribution in [2.75, 3.05) is 6.61 Å². The van der Waals surface area contributed by atoms with Gasteiger partial charge < -0.3 is 14.9 Å². The van der Waals surface area contributed by atoms with Crippen LogP contribution in [0.1, 0.15) is 18.2 Å². The second-order valence-electron chi connectivity index (χ2n) is 4.07. The Kier molecular flexibility index (Phi) is 4.00. The average molecular weight is 321 g/mol. The molecule has 1 aliphatic rings. The van der Waals surface area contributed by atoms with Crippen LogP contribution in [0.4, 0.5) is 0 Å². The fraction of sp³-hybridized carbons (Fsp3) is 0.600. The molecule has 0 radical (unpaired) electrons. The third-order valence-electron chi connectivity index (χ3n) is 2.88. The van der Waals surface area contributed by atoms with Crippen LogP contribution >= 0.6 is 15.9 Å². The number of H-pyrrole nitrogens is 1. The highest BCUT2D eigenvalue weighted by molar-refractivity contribution is 9.08. The molecule has 0 saturated carbocycles. The van der Waals surface area contributed by atoms with E-state index in [-0.39, 0.29) is 13.0 Å². The van der Waals surface area contributed by atoms with Crippen LogP contribution in [0.25, 0.3) is 0 Å². The van der Waals surface area contributed by atoms with Crippen LogP contribution in [0.2, 0.25) is 0 Å². The maximum absolute atomic E-state index is 11.7. The lowest BCUT2D eigenvalue weighted by atomic mass is 10.2. The Labute approximate surface area is 110 Å². The number of alkyl halides is 1. The standard InChI is InChI=1S/C10H13BrN2O5/c11-2-5-3-13(10(17)12-9(5)16)8-1-6(15)7(4-14)18-8/h3,6-8,14-15H,1-2,4H2,(H,12,16,17)/t6?,7-,8-/m1/s1. The van der Waals surface area contributed by atoms with E-state index in [4.69, 9.17) is 9.84 Å². The van der Waals surface area contributed by atoms with Gasteiger partial charge in [-0.05, 0) is 0 Å². The number of hydrogen-bond donors (Lipinski definition) is 3. The first kappa shape index (κ1) is 13.5. The molecule has 1 aliphatic heterocycles. The first-order valence-electron chi connectivity index (χ1n) is 5.41. The zero-order chi connectivity index (χ0) is 13.3. The van der Waals surface area contributed by atoms with Gasteiger partial charge in [-0.3, -0.25) is 14.3 Å². The van der Waals surface area contributed by atoms with E-state index in [0.717, 1.165) is 0 Å². The maximum Gasteiger partial charge on any atom is 0.330 e. The summed E-state index contributed by atoms with van der Waals surface area (Å²) in [7, 11) is 0. The van der Waals surface area contributed by atoms with Gasteiger partial charge in [-0.1, -0.05) is 15.9 Å². The van der Waals surface area contributed by atoms with E-state index in [1.807, 2.05) is 0 Å². The lowest BCUT2D eigenvalue weighted by Gasteiger charge is -2.14. The van der Waals surface area contributed by atoms with Crippen LogP contribution in [0.3, 0.4) is 0 Å². The number of aromatic nitrogens is 2. The summed E-state index contributed by atoms with van der Waals surface area (Å²) in [6.45, 7) is -0.318. The number of aromatic amines is 1. The van der Waals surface area contributed by atoms with Gasteiger partial charge in [0, 0.05) is 23.5 Å². The van der Waals surface area contributed by atoms with Gasteiger partial charge in [-0.2, -0.15) is 0 Å². The number of rotatable bonds is 3. The molecule has 2 heterocycles. The molecule has 0 amide bonds. The smallest absolute Gasteiger partial charge is 0.330 e. The van der Waals surface area contributed by atoms with Crippen LogP contribution in [-0.2, 0) is 10.1 Å². The van der Waals surface area contributed by atoms with Gasteiger partial charge in [0.25, 0.3) is 5.56 Å². The first-order valence-corrected chi connectivity index (χ1v) is 6.53. The summed E-state index contributed by atoms with van der Waals surface area (Å²) in [4.78, 5) is 25.2. The third-order valence-corrected chi connectivity index (χ3v) is 3.48. The number of aliphatic hydroxyl groups is 2. The fourth-order valence-corrected chi connectivity index (χ4v) is 2.29. The molecule has 8 heteroatoms. The van der Waals surface area contributed by atoms with E-state index in [9.17, 15) is 14.7 Å². The number of ether oxygens (including phenoxy) is 1. The van der Waals surface area contributed by atoms with Crippen LogP contribution in [0.15, 0.2) is 15.8 Å². The molecule has 1 fully saturated rings. The van der Waals surface area contributed by atoms with Crippen LogP contribution in [-0.4, -0.2) is 38.6 Å². The van der Waals surface area contributed by atoms with Gasteiger partial charge in [-0.25, -0.2) is 4.79 Å². The van der Waals surface area contributed by atoms with Crippen molar-refractivity contribution in [3.05, 3.63) is 32.6 Å². The van der Waals surface area contributed by atoms with Crippen molar-refractivity contribution in [1.29, 1.82) is 0 Å². The molecule has 18 heavy (non-hydrogen) atoms. The quantitative estimate of drug-likeness (QED) is 0.624. The van der Waals surface area contributed by atoms with Gasteiger partial charge in [-0.15, -0.1) is 0 Å². The van der Waals surface area contributed by atoms with Gasteiger partial charge in [0.15, 0.2) is 0 Å². The Bertz CT molecular complexity index is 540. The summed E-state index contributed by atoms with van der Waals surface area (Å²) in [5, 5.41) is 18.9.